The highest BCUT2D eigenvalue weighted by molar-refractivity contribution is 8.00. The Balaban J connectivity index is 2.18. The first-order chi connectivity index (χ1) is 9.50. The molecule has 4 nitrogen and oxygen atoms in total. The van der Waals surface area contributed by atoms with Crippen molar-refractivity contribution in [1.29, 1.82) is 0 Å². The Labute approximate surface area is 121 Å². The average Bonchev–Trinajstić information content (AvgIpc) is 2.73. The van der Waals surface area contributed by atoms with Crippen molar-refractivity contribution in [2.45, 2.75) is 25.5 Å². The van der Waals surface area contributed by atoms with E-state index in [-0.39, 0.29) is 17.5 Å². The zero-order valence-corrected chi connectivity index (χ0v) is 12.3. The van der Waals surface area contributed by atoms with Crippen molar-refractivity contribution < 1.29 is 14.7 Å². The van der Waals surface area contributed by atoms with Crippen LogP contribution >= 0.6 is 11.8 Å². The molecule has 0 aliphatic carbocycles. The van der Waals surface area contributed by atoms with Crippen LogP contribution in [-0.2, 0) is 4.79 Å². The van der Waals surface area contributed by atoms with E-state index in [9.17, 15) is 9.59 Å². The van der Waals surface area contributed by atoms with E-state index in [1.807, 2.05) is 38.1 Å². The van der Waals surface area contributed by atoms with Gasteiger partial charge in [-0.2, -0.15) is 0 Å². The molecule has 1 unspecified atom stereocenters. The maximum absolute atomic E-state index is 12.5. The molecule has 5 heteroatoms. The predicted octanol–water partition coefficient (Wildman–Crippen LogP) is 3.26. The minimum Gasteiger partial charge on any atom is -0.481 e. The number of thioether (sulfide) groups is 1. The molecule has 0 radical (unpaired) electrons. The molecule has 0 saturated carbocycles. The van der Waals surface area contributed by atoms with E-state index in [1.54, 1.807) is 0 Å². The maximum atomic E-state index is 12.5. The molecule has 0 bridgehead atoms. The fraction of sp³-hybridized carbons (Fsp3) is 0.333. The summed E-state index contributed by atoms with van der Waals surface area (Å²) in [5, 5.41) is 9.32. The van der Waals surface area contributed by atoms with Gasteiger partial charge in [0.2, 0.25) is 0 Å². The van der Waals surface area contributed by atoms with Gasteiger partial charge in [0.15, 0.2) is 5.78 Å². The van der Waals surface area contributed by atoms with Crippen LogP contribution in [0.15, 0.2) is 24.3 Å². The van der Waals surface area contributed by atoms with Crippen LogP contribution in [0.5, 0.6) is 0 Å². The number of hydrogen-bond acceptors (Lipinski definition) is 3. The average molecular weight is 291 g/mol. The topological polar surface area (TPSA) is 70.2 Å². The molecule has 0 aliphatic rings. The van der Waals surface area contributed by atoms with Crippen LogP contribution in [-0.4, -0.2) is 32.8 Å². The summed E-state index contributed by atoms with van der Waals surface area (Å²) in [5.74, 6) is -0.334. The number of rotatable bonds is 6. The number of Topliss-reactive ketones (excluding diaryl/α,β-unsaturated/α-hetero) is 1. The van der Waals surface area contributed by atoms with Crippen molar-refractivity contribution in [3.05, 3.63) is 35.5 Å². The second-order valence-corrected chi connectivity index (χ2v) is 6.14. The van der Waals surface area contributed by atoms with E-state index < -0.39 is 5.97 Å². The summed E-state index contributed by atoms with van der Waals surface area (Å²) >= 11 is 1.38. The fourth-order valence-corrected chi connectivity index (χ4v) is 3.11. The number of carboxylic acid groups (broad SMARTS) is 1. The maximum Gasteiger partial charge on any atom is 0.304 e. The molecular formula is C15H17NO3S. The fourth-order valence-electron chi connectivity index (χ4n) is 2.20. The van der Waals surface area contributed by atoms with Crippen molar-refractivity contribution in [3.63, 3.8) is 0 Å². The zero-order chi connectivity index (χ0) is 14.7. The van der Waals surface area contributed by atoms with Gasteiger partial charge in [0.05, 0.1) is 11.7 Å². The third kappa shape index (κ3) is 3.04. The molecule has 2 aromatic rings. The highest BCUT2D eigenvalue weighted by atomic mass is 32.2. The number of carbonyl (C=O) groups excluding carboxylic acids is 1. The summed E-state index contributed by atoms with van der Waals surface area (Å²) in [6.07, 6.45) is 0.0785. The first-order valence-electron chi connectivity index (χ1n) is 6.45. The summed E-state index contributed by atoms with van der Waals surface area (Å²) in [6.45, 7) is 3.72. The van der Waals surface area contributed by atoms with E-state index in [4.69, 9.17) is 5.11 Å². The lowest BCUT2D eigenvalue weighted by Crippen LogP contribution is -2.15. The van der Waals surface area contributed by atoms with Gasteiger partial charge in [0.1, 0.15) is 0 Å². The molecule has 0 saturated heterocycles. The van der Waals surface area contributed by atoms with Gasteiger partial charge in [-0.05, 0) is 19.9 Å². The van der Waals surface area contributed by atoms with E-state index in [2.05, 4.69) is 4.98 Å². The Kier molecular flexibility index (Phi) is 4.49. The molecule has 0 aliphatic heterocycles. The summed E-state index contributed by atoms with van der Waals surface area (Å²) in [7, 11) is 0. The van der Waals surface area contributed by atoms with Crippen LogP contribution in [0.4, 0.5) is 0 Å². The Morgan fingerprint density at radius 3 is 2.75 bits per heavy atom. The van der Waals surface area contributed by atoms with Gasteiger partial charge in [-0.1, -0.05) is 18.2 Å². The molecule has 2 N–H and O–H groups in total. The van der Waals surface area contributed by atoms with Crippen LogP contribution in [0.3, 0.4) is 0 Å². The van der Waals surface area contributed by atoms with Crippen molar-refractivity contribution in [3.8, 4) is 0 Å². The number of aliphatic carboxylic acids is 1. The third-order valence-electron chi connectivity index (χ3n) is 3.19. The molecule has 106 valence electrons. The lowest BCUT2D eigenvalue weighted by molar-refractivity contribution is -0.136. The van der Waals surface area contributed by atoms with Crippen LogP contribution in [0, 0.1) is 6.92 Å². The first kappa shape index (κ1) is 14.7. The molecule has 20 heavy (non-hydrogen) atoms. The normalized spacial score (nSPS) is 12.5. The van der Waals surface area contributed by atoms with Crippen LogP contribution < -0.4 is 0 Å². The molecule has 1 aromatic carbocycles. The second-order valence-electron chi connectivity index (χ2n) is 4.69. The number of aryl methyl sites for hydroxylation is 1. The third-order valence-corrected chi connectivity index (χ3v) is 4.35. The molecule has 1 atom stereocenters. The highest BCUT2D eigenvalue weighted by Crippen LogP contribution is 2.26. The van der Waals surface area contributed by atoms with Gasteiger partial charge >= 0.3 is 5.97 Å². The largest absolute Gasteiger partial charge is 0.481 e. The van der Waals surface area contributed by atoms with Crippen molar-refractivity contribution in [1.82, 2.24) is 4.98 Å². The molecule has 0 spiro atoms. The van der Waals surface area contributed by atoms with E-state index in [1.165, 1.54) is 11.8 Å². The van der Waals surface area contributed by atoms with Gasteiger partial charge in [-0.3, -0.25) is 9.59 Å². The number of fused-ring (bicyclic) bond motifs is 1. The molecule has 0 amide bonds. The number of carbonyl (C=O) groups is 2. The van der Waals surface area contributed by atoms with E-state index in [0.717, 1.165) is 22.2 Å². The minimum absolute atomic E-state index is 0.0512. The smallest absolute Gasteiger partial charge is 0.304 e. The summed E-state index contributed by atoms with van der Waals surface area (Å²) in [5.41, 5.74) is 2.54. The number of hydrogen-bond donors (Lipinski definition) is 2. The first-order valence-corrected chi connectivity index (χ1v) is 7.50. The molecule has 2 rings (SSSR count). The molecular weight excluding hydrogens is 274 g/mol. The quantitative estimate of drug-likeness (QED) is 0.801. The Morgan fingerprint density at radius 2 is 2.05 bits per heavy atom. The zero-order valence-electron chi connectivity index (χ0n) is 11.5. The number of benzene rings is 1. The lowest BCUT2D eigenvalue weighted by atomic mass is 10.1. The van der Waals surface area contributed by atoms with Gasteiger partial charge in [0.25, 0.3) is 0 Å². The molecule has 1 heterocycles. The van der Waals surface area contributed by atoms with Gasteiger partial charge < -0.3 is 10.1 Å². The molecule has 0 fully saturated rings. The van der Waals surface area contributed by atoms with Gasteiger partial charge in [-0.25, -0.2) is 0 Å². The number of aromatic amines is 1. The van der Waals surface area contributed by atoms with E-state index >= 15 is 0 Å². The van der Waals surface area contributed by atoms with Crippen LogP contribution in [0.25, 0.3) is 10.9 Å². The van der Waals surface area contributed by atoms with Crippen molar-refractivity contribution in [2.75, 3.05) is 5.75 Å². The molecule has 1 aromatic heterocycles. The number of aromatic nitrogens is 1. The second kappa shape index (κ2) is 6.13. The van der Waals surface area contributed by atoms with Crippen molar-refractivity contribution in [2.24, 2.45) is 0 Å². The summed E-state index contributed by atoms with van der Waals surface area (Å²) in [6, 6.07) is 7.72. The van der Waals surface area contributed by atoms with Crippen LogP contribution in [0.1, 0.15) is 29.4 Å². The standard InChI is InChI=1S/C15H17NO3S/c1-9-14(11-5-3-4-6-12(11)16-9)15(19)10(2)20-8-7-13(17)18/h3-6,10,16H,7-8H2,1-2H3,(H,17,18). The minimum atomic E-state index is -0.833. The number of para-hydroxylation sites is 1. The van der Waals surface area contributed by atoms with Gasteiger partial charge in [0, 0.05) is 27.9 Å². The summed E-state index contributed by atoms with van der Waals surface area (Å²) in [4.78, 5) is 26.2. The Morgan fingerprint density at radius 1 is 1.35 bits per heavy atom. The SMILES string of the molecule is Cc1[nH]c2ccccc2c1C(=O)C(C)SCCC(=O)O. The Hall–Kier alpha value is -1.75. The number of carboxylic acids is 1. The Bertz CT molecular complexity index is 648. The monoisotopic (exact) mass is 291 g/mol. The van der Waals surface area contributed by atoms with Gasteiger partial charge in [-0.15, -0.1) is 11.8 Å². The van der Waals surface area contributed by atoms with E-state index in [0.29, 0.717) is 5.75 Å². The number of nitrogens with one attached hydrogen (secondary N) is 1. The lowest BCUT2D eigenvalue weighted by Gasteiger charge is -2.09. The van der Waals surface area contributed by atoms with Crippen LogP contribution in [0.2, 0.25) is 0 Å². The number of H-pyrrole nitrogens is 1. The summed E-state index contributed by atoms with van der Waals surface area (Å²) < 4.78 is 0. The van der Waals surface area contributed by atoms with Crippen molar-refractivity contribution >= 4 is 34.4 Å². The predicted molar refractivity (Wildman–Crippen MR) is 81.5 cm³/mol. The number of ketones is 1. The highest BCUT2D eigenvalue weighted by Gasteiger charge is 2.21.